The second-order valence-corrected chi connectivity index (χ2v) is 10.5. The molecule has 9 nitrogen and oxygen atoms in total. The molecule has 2 N–H and O–H groups in total. The van der Waals surface area contributed by atoms with Crippen LogP contribution in [0.1, 0.15) is 53.7 Å². The van der Waals surface area contributed by atoms with Gasteiger partial charge in [-0.2, -0.15) is 13.2 Å². The van der Waals surface area contributed by atoms with Crippen LogP contribution in [-0.4, -0.2) is 56.0 Å². The SMILES string of the molecule is Cc1nc2nc(C(F)(F)F)c([C@H](C)Nc3ccc4nc(C(=O)N5C[C@@H](C)O[C@@H](C)C5)sc4c3)cc2c(=O)[nH]1. The minimum atomic E-state index is -4.75. The minimum Gasteiger partial charge on any atom is -0.378 e. The van der Waals surface area contributed by atoms with Crippen LogP contribution in [-0.2, 0) is 10.9 Å². The number of nitrogens with one attached hydrogen (secondary N) is 2. The van der Waals surface area contributed by atoms with Gasteiger partial charge in [0.2, 0.25) is 0 Å². The number of aromatic nitrogens is 4. The molecule has 0 spiro atoms. The topological polar surface area (TPSA) is 113 Å². The third-order valence-corrected chi connectivity index (χ3v) is 7.25. The van der Waals surface area contributed by atoms with E-state index in [9.17, 15) is 22.8 Å². The molecule has 3 atom stereocenters. The summed E-state index contributed by atoms with van der Waals surface area (Å²) < 4.78 is 48.1. The zero-order valence-corrected chi connectivity index (χ0v) is 21.8. The first-order valence-corrected chi connectivity index (χ1v) is 12.8. The molecule has 38 heavy (non-hydrogen) atoms. The van der Waals surface area contributed by atoms with E-state index in [0.29, 0.717) is 34.0 Å². The maximum atomic E-state index is 13.9. The molecule has 200 valence electrons. The van der Waals surface area contributed by atoms with Crippen molar-refractivity contribution in [2.24, 2.45) is 0 Å². The molecule has 13 heteroatoms. The summed E-state index contributed by atoms with van der Waals surface area (Å²) in [7, 11) is 0. The number of aryl methyl sites for hydroxylation is 1. The number of aromatic amines is 1. The zero-order valence-electron chi connectivity index (χ0n) is 21.0. The number of amides is 1. The summed E-state index contributed by atoms with van der Waals surface area (Å²) in [6.07, 6.45) is -4.89. The first-order valence-electron chi connectivity index (χ1n) is 12.0. The van der Waals surface area contributed by atoms with Gasteiger partial charge in [0, 0.05) is 24.3 Å². The Kier molecular flexibility index (Phi) is 6.59. The Hall–Kier alpha value is -3.58. The van der Waals surface area contributed by atoms with Gasteiger partial charge in [-0.3, -0.25) is 9.59 Å². The maximum Gasteiger partial charge on any atom is 0.433 e. The number of alkyl halides is 3. The number of rotatable bonds is 4. The molecule has 5 rings (SSSR count). The number of fused-ring (bicyclic) bond motifs is 2. The molecule has 1 aliphatic heterocycles. The molecule has 0 bridgehead atoms. The second kappa shape index (κ2) is 9.62. The number of benzene rings is 1. The van der Waals surface area contributed by atoms with E-state index in [1.165, 1.54) is 24.3 Å². The van der Waals surface area contributed by atoms with Gasteiger partial charge >= 0.3 is 6.18 Å². The van der Waals surface area contributed by atoms with E-state index >= 15 is 0 Å². The van der Waals surface area contributed by atoms with E-state index in [4.69, 9.17) is 4.74 Å². The third-order valence-electron chi connectivity index (χ3n) is 6.24. The molecule has 0 aliphatic carbocycles. The number of anilines is 1. The number of pyridine rings is 1. The highest BCUT2D eigenvalue weighted by molar-refractivity contribution is 7.20. The molecule has 1 aromatic carbocycles. The predicted octanol–water partition coefficient (Wildman–Crippen LogP) is 4.68. The molecule has 3 aromatic heterocycles. The van der Waals surface area contributed by atoms with Gasteiger partial charge in [0.05, 0.1) is 33.9 Å². The lowest BCUT2D eigenvalue weighted by Gasteiger charge is -2.34. The molecule has 1 amide bonds. The highest BCUT2D eigenvalue weighted by Gasteiger charge is 2.37. The van der Waals surface area contributed by atoms with Gasteiger partial charge in [-0.05, 0) is 52.0 Å². The third kappa shape index (κ3) is 5.07. The van der Waals surface area contributed by atoms with Crippen molar-refractivity contribution in [2.45, 2.75) is 52.1 Å². The van der Waals surface area contributed by atoms with Crippen molar-refractivity contribution in [3.05, 3.63) is 56.7 Å². The molecular weight excluding hydrogens is 521 g/mol. The Balaban J connectivity index is 1.44. The number of thiazole rings is 1. The van der Waals surface area contributed by atoms with Crippen molar-refractivity contribution in [1.82, 2.24) is 24.8 Å². The summed E-state index contributed by atoms with van der Waals surface area (Å²) in [5, 5.41) is 3.38. The Morgan fingerprint density at radius 2 is 1.89 bits per heavy atom. The number of morpholine rings is 1. The fraction of sp³-hybridized carbons (Fsp3) is 0.400. The molecule has 4 heterocycles. The average molecular weight is 547 g/mol. The second-order valence-electron chi connectivity index (χ2n) is 9.48. The summed E-state index contributed by atoms with van der Waals surface area (Å²) in [5.74, 6) is -0.00222. The first-order chi connectivity index (χ1) is 17.9. The van der Waals surface area contributed by atoms with Crippen LogP contribution in [0.3, 0.4) is 0 Å². The number of halogens is 3. The summed E-state index contributed by atoms with van der Waals surface area (Å²) in [6.45, 7) is 7.81. The Labute approximate surface area is 219 Å². The molecule has 4 aromatic rings. The van der Waals surface area contributed by atoms with Gasteiger partial charge in [-0.15, -0.1) is 11.3 Å². The zero-order chi connectivity index (χ0) is 27.4. The van der Waals surface area contributed by atoms with E-state index in [1.807, 2.05) is 13.8 Å². The lowest BCUT2D eigenvalue weighted by molar-refractivity contribution is -0.141. The van der Waals surface area contributed by atoms with Crippen molar-refractivity contribution in [3.63, 3.8) is 0 Å². The van der Waals surface area contributed by atoms with Gasteiger partial charge < -0.3 is 19.9 Å². The van der Waals surface area contributed by atoms with Crippen LogP contribution < -0.4 is 10.9 Å². The van der Waals surface area contributed by atoms with Crippen LogP contribution in [0.5, 0.6) is 0 Å². The molecule has 0 saturated carbocycles. The smallest absolute Gasteiger partial charge is 0.378 e. The number of carbonyl (C=O) groups excluding carboxylic acids is 1. The molecule has 0 unspecified atom stereocenters. The van der Waals surface area contributed by atoms with E-state index in [2.05, 4.69) is 25.3 Å². The van der Waals surface area contributed by atoms with Crippen molar-refractivity contribution in [2.75, 3.05) is 18.4 Å². The van der Waals surface area contributed by atoms with Crippen LogP contribution in [0.2, 0.25) is 0 Å². The average Bonchev–Trinajstić information content (AvgIpc) is 3.25. The molecule has 1 aliphatic rings. The number of carbonyl (C=O) groups is 1. The normalized spacial score (nSPS) is 19.2. The van der Waals surface area contributed by atoms with Crippen molar-refractivity contribution >= 4 is 44.2 Å². The van der Waals surface area contributed by atoms with Gasteiger partial charge in [0.25, 0.3) is 11.5 Å². The minimum absolute atomic E-state index is 0.0277. The van der Waals surface area contributed by atoms with Gasteiger partial charge in [-0.25, -0.2) is 15.0 Å². The quantitative estimate of drug-likeness (QED) is 0.382. The number of hydrogen-bond acceptors (Lipinski definition) is 8. The summed E-state index contributed by atoms with van der Waals surface area (Å²) >= 11 is 1.22. The number of nitrogens with zero attached hydrogens (tertiary/aromatic N) is 4. The predicted molar refractivity (Wildman–Crippen MR) is 137 cm³/mol. The monoisotopic (exact) mass is 546 g/mol. The number of ether oxygens (including phenoxy) is 1. The Morgan fingerprint density at radius 1 is 1.18 bits per heavy atom. The van der Waals surface area contributed by atoms with Crippen LogP contribution in [0.25, 0.3) is 21.3 Å². The van der Waals surface area contributed by atoms with Crippen LogP contribution in [0.4, 0.5) is 18.9 Å². The van der Waals surface area contributed by atoms with Crippen molar-refractivity contribution in [3.8, 4) is 0 Å². The molecular formula is C25H25F3N6O3S. The van der Waals surface area contributed by atoms with Crippen LogP contribution in [0.15, 0.2) is 29.1 Å². The van der Waals surface area contributed by atoms with Crippen molar-refractivity contribution in [1.29, 1.82) is 0 Å². The van der Waals surface area contributed by atoms with E-state index < -0.39 is 23.5 Å². The number of hydrogen-bond donors (Lipinski definition) is 2. The van der Waals surface area contributed by atoms with Gasteiger partial charge in [-0.1, -0.05) is 0 Å². The lowest BCUT2D eigenvalue weighted by atomic mass is 10.0. The van der Waals surface area contributed by atoms with E-state index in [-0.39, 0.29) is 40.5 Å². The van der Waals surface area contributed by atoms with Crippen molar-refractivity contribution < 1.29 is 22.7 Å². The molecule has 0 radical (unpaired) electrons. The lowest BCUT2D eigenvalue weighted by Crippen LogP contribution is -2.48. The van der Waals surface area contributed by atoms with Gasteiger partial charge in [0.1, 0.15) is 5.82 Å². The van der Waals surface area contributed by atoms with Crippen LogP contribution >= 0.6 is 11.3 Å². The number of H-pyrrole nitrogens is 1. The summed E-state index contributed by atoms with van der Waals surface area (Å²) in [6, 6.07) is 5.46. The van der Waals surface area contributed by atoms with Gasteiger partial charge in [0.15, 0.2) is 16.3 Å². The standard InChI is InChI=1S/C25H25F3N6O3S/c1-11-9-34(10-12(2)37-11)24(36)23-32-18-6-5-15(7-19(18)38-23)29-13(3)16-8-17-21(30-14(4)31-22(17)35)33-20(16)25(26,27)28/h5-8,11-13,29H,9-10H2,1-4H3,(H,30,31,33,35)/t11-,12+,13-/m0/s1. The molecule has 1 fully saturated rings. The fourth-order valence-corrected chi connectivity index (χ4v) is 5.63. The Morgan fingerprint density at radius 3 is 2.58 bits per heavy atom. The summed E-state index contributed by atoms with van der Waals surface area (Å²) in [5.41, 5.74) is -0.968. The van der Waals surface area contributed by atoms with E-state index in [1.54, 1.807) is 30.0 Å². The fourth-order valence-electron chi connectivity index (χ4n) is 4.66. The first kappa shape index (κ1) is 26.0. The maximum absolute atomic E-state index is 13.9. The largest absolute Gasteiger partial charge is 0.433 e. The van der Waals surface area contributed by atoms with Crippen LogP contribution in [0, 0.1) is 6.92 Å². The molecule has 1 saturated heterocycles. The summed E-state index contributed by atoms with van der Waals surface area (Å²) in [4.78, 5) is 41.8. The van der Waals surface area contributed by atoms with E-state index in [0.717, 1.165) is 0 Å². The highest BCUT2D eigenvalue weighted by Crippen LogP contribution is 2.36. The highest BCUT2D eigenvalue weighted by atomic mass is 32.1. The Bertz CT molecular complexity index is 1590.